The zero-order chi connectivity index (χ0) is 20.7. The van der Waals surface area contributed by atoms with Gasteiger partial charge in [0.25, 0.3) is 0 Å². The average molecular weight is 401 g/mol. The Morgan fingerprint density at radius 2 is 1.90 bits per heavy atom. The molecule has 0 amide bonds. The lowest BCUT2D eigenvalue weighted by atomic mass is 9.91. The van der Waals surface area contributed by atoms with E-state index >= 15 is 0 Å². The van der Waals surface area contributed by atoms with Gasteiger partial charge >= 0.3 is 0 Å². The number of halogens is 1. The molecule has 4 aromatic rings. The molecule has 2 aromatic carbocycles. The number of aromatic nitrogens is 4. The maximum Gasteiger partial charge on any atom is 0.166 e. The summed E-state index contributed by atoms with van der Waals surface area (Å²) in [6.45, 7) is 2.08. The van der Waals surface area contributed by atoms with Crippen LogP contribution in [0.4, 0.5) is 10.2 Å². The summed E-state index contributed by atoms with van der Waals surface area (Å²) in [4.78, 5) is 12.9. The number of nitrogens with zero attached hydrogens (tertiary/aromatic N) is 4. The van der Waals surface area contributed by atoms with Gasteiger partial charge in [0.2, 0.25) is 0 Å². The summed E-state index contributed by atoms with van der Waals surface area (Å²) in [5.74, 6) is 1.71. The Hall–Kier alpha value is -3.74. The first-order valence-corrected chi connectivity index (χ1v) is 9.83. The molecule has 6 nitrogen and oxygen atoms in total. The fourth-order valence-electron chi connectivity index (χ4n) is 3.98. The van der Waals surface area contributed by atoms with Gasteiger partial charge in [-0.1, -0.05) is 37.3 Å². The van der Waals surface area contributed by atoms with Gasteiger partial charge in [0.1, 0.15) is 29.2 Å². The van der Waals surface area contributed by atoms with Crippen LogP contribution < -0.4 is 10.5 Å². The second kappa shape index (κ2) is 7.26. The van der Waals surface area contributed by atoms with Gasteiger partial charge in [-0.3, -0.25) is 0 Å². The molecule has 1 unspecified atom stereocenters. The molecule has 150 valence electrons. The first-order valence-electron chi connectivity index (χ1n) is 9.83. The van der Waals surface area contributed by atoms with Crippen LogP contribution in [0.5, 0.6) is 5.75 Å². The summed E-state index contributed by atoms with van der Waals surface area (Å²) >= 11 is 0. The molecule has 0 spiro atoms. The van der Waals surface area contributed by atoms with Gasteiger partial charge in [-0.05, 0) is 35.7 Å². The monoisotopic (exact) mass is 401 g/mol. The van der Waals surface area contributed by atoms with Gasteiger partial charge in [-0.15, -0.1) is 0 Å². The van der Waals surface area contributed by atoms with E-state index < -0.39 is 0 Å². The van der Waals surface area contributed by atoms with Crippen LogP contribution in [-0.4, -0.2) is 19.5 Å². The number of para-hydroxylation sites is 1. The van der Waals surface area contributed by atoms with E-state index in [1.54, 1.807) is 18.5 Å². The van der Waals surface area contributed by atoms with Crippen LogP contribution in [0.15, 0.2) is 66.9 Å². The third-order valence-corrected chi connectivity index (χ3v) is 5.46. The molecule has 1 aliphatic rings. The molecule has 0 saturated carbocycles. The first-order chi connectivity index (χ1) is 14.7. The van der Waals surface area contributed by atoms with Crippen molar-refractivity contribution in [2.24, 2.45) is 0 Å². The zero-order valence-electron chi connectivity index (χ0n) is 16.4. The maximum absolute atomic E-state index is 13.6. The van der Waals surface area contributed by atoms with Crippen LogP contribution in [0, 0.1) is 5.82 Å². The van der Waals surface area contributed by atoms with E-state index in [2.05, 4.69) is 27.9 Å². The molecule has 0 fully saturated rings. The Kier molecular flexibility index (Phi) is 4.43. The van der Waals surface area contributed by atoms with E-state index in [1.807, 2.05) is 22.8 Å². The Morgan fingerprint density at radius 3 is 2.70 bits per heavy atom. The van der Waals surface area contributed by atoms with E-state index in [0.29, 0.717) is 23.4 Å². The predicted octanol–water partition coefficient (Wildman–Crippen LogP) is 4.55. The normalized spacial score (nSPS) is 14.5. The minimum atomic E-state index is -0.266. The summed E-state index contributed by atoms with van der Waals surface area (Å²) in [5, 5.41) is 0. The second-order valence-electron chi connectivity index (χ2n) is 7.24. The lowest BCUT2D eigenvalue weighted by molar-refractivity contribution is 0.333. The molecule has 30 heavy (non-hydrogen) atoms. The summed E-state index contributed by atoms with van der Waals surface area (Å²) in [5.41, 5.74) is 10.2. The zero-order valence-corrected chi connectivity index (χ0v) is 16.4. The number of hydrogen-bond donors (Lipinski definition) is 1. The number of rotatable bonds is 4. The number of hydrogen-bond acceptors (Lipinski definition) is 5. The van der Waals surface area contributed by atoms with Crippen molar-refractivity contribution in [3.05, 3.63) is 83.9 Å². The van der Waals surface area contributed by atoms with E-state index in [1.165, 1.54) is 18.5 Å². The minimum Gasteiger partial charge on any atom is -0.459 e. The third-order valence-electron chi connectivity index (χ3n) is 5.46. The van der Waals surface area contributed by atoms with Gasteiger partial charge in [-0.2, -0.15) is 0 Å². The van der Waals surface area contributed by atoms with Gasteiger partial charge in [0.05, 0.1) is 12.4 Å². The molecule has 1 atom stereocenters. The topological polar surface area (TPSA) is 78.9 Å². The number of imidazole rings is 1. The van der Waals surface area contributed by atoms with Crippen molar-refractivity contribution in [3.63, 3.8) is 0 Å². The van der Waals surface area contributed by atoms with Gasteiger partial charge in [0.15, 0.2) is 11.5 Å². The molecule has 1 aliphatic heterocycles. The number of ether oxygens (including phenoxy) is 1. The lowest BCUT2D eigenvalue weighted by Crippen LogP contribution is -2.20. The van der Waals surface area contributed by atoms with Crippen molar-refractivity contribution in [1.29, 1.82) is 0 Å². The Balaban J connectivity index is 1.70. The number of benzene rings is 2. The smallest absolute Gasteiger partial charge is 0.166 e. The molecular formula is C23H20FN5O. The highest BCUT2D eigenvalue weighted by molar-refractivity contribution is 5.81. The molecule has 2 aromatic heterocycles. The van der Waals surface area contributed by atoms with Crippen LogP contribution in [0.1, 0.15) is 30.5 Å². The van der Waals surface area contributed by atoms with E-state index in [9.17, 15) is 4.39 Å². The van der Waals surface area contributed by atoms with Gasteiger partial charge < -0.3 is 15.0 Å². The number of allylic oxidation sites excluding steroid dienone is 2. The quantitative estimate of drug-likeness (QED) is 0.543. The standard InChI is InChI=1S/C23H20FN5O/c1-2-18(29-13-28-20-22(25)26-12-27-23(20)29)21-17(14-7-9-16(24)10-8-14)11-15-5-3-4-6-19(15)30-21/h3-10,12-13,18H,2,11H2,1H3,(H2,25,26,27). The summed E-state index contributed by atoms with van der Waals surface area (Å²) in [6, 6.07) is 14.4. The molecular weight excluding hydrogens is 381 g/mol. The van der Waals surface area contributed by atoms with Crippen molar-refractivity contribution in [3.8, 4) is 5.75 Å². The van der Waals surface area contributed by atoms with Crippen molar-refractivity contribution >= 4 is 22.6 Å². The van der Waals surface area contributed by atoms with Gasteiger partial charge in [0, 0.05) is 12.0 Å². The minimum absolute atomic E-state index is 0.155. The van der Waals surface area contributed by atoms with Crippen LogP contribution in [0.3, 0.4) is 0 Å². The fourth-order valence-corrected chi connectivity index (χ4v) is 3.98. The molecule has 2 N–H and O–H groups in total. The molecule has 0 aliphatic carbocycles. The largest absolute Gasteiger partial charge is 0.459 e. The SMILES string of the molecule is CCC(C1=C(c2ccc(F)cc2)Cc2ccccc2O1)n1cnc2c(N)ncnc21. The number of fused-ring (bicyclic) bond motifs is 2. The summed E-state index contributed by atoms with van der Waals surface area (Å²) in [7, 11) is 0. The van der Waals surface area contributed by atoms with Crippen molar-refractivity contribution in [2.75, 3.05) is 5.73 Å². The highest BCUT2D eigenvalue weighted by atomic mass is 19.1. The van der Waals surface area contributed by atoms with E-state index in [-0.39, 0.29) is 11.9 Å². The molecule has 3 heterocycles. The van der Waals surface area contributed by atoms with Crippen molar-refractivity contribution in [1.82, 2.24) is 19.5 Å². The Morgan fingerprint density at radius 1 is 1.10 bits per heavy atom. The number of nitrogen functional groups attached to an aromatic ring is 1. The van der Waals surface area contributed by atoms with Crippen molar-refractivity contribution in [2.45, 2.75) is 25.8 Å². The molecule has 5 rings (SSSR count). The fraction of sp³-hybridized carbons (Fsp3) is 0.174. The van der Waals surface area contributed by atoms with Crippen LogP contribution in [0.2, 0.25) is 0 Å². The van der Waals surface area contributed by atoms with Crippen molar-refractivity contribution < 1.29 is 9.13 Å². The van der Waals surface area contributed by atoms with Crippen LogP contribution >= 0.6 is 0 Å². The average Bonchev–Trinajstić information content (AvgIpc) is 3.20. The van der Waals surface area contributed by atoms with E-state index in [0.717, 1.165) is 34.6 Å². The highest BCUT2D eigenvalue weighted by Crippen LogP contribution is 2.40. The number of nitrogens with two attached hydrogens (primary N) is 1. The maximum atomic E-state index is 13.6. The molecule has 0 bridgehead atoms. The lowest BCUT2D eigenvalue weighted by Gasteiger charge is -2.29. The highest BCUT2D eigenvalue weighted by Gasteiger charge is 2.29. The van der Waals surface area contributed by atoms with Crippen LogP contribution in [-0.2, 0) is 6.42 Å². The van der Waals surface area contributed by atoms with E-state index in [4.69, 9.17) is 10.5 Å². The van der Waals surface area contributed by atoms with Crippen LogP contribution in [0.25, 0.3) is 16.7 Å². The Labute approximate surface area is 172 Å². The molecule has 7 heteroatoms. The predicted molar refractivity (Wildman–Crippen MR) is 113 cm³/mol. The first kappa shape index (κ1) is 18.3. The van der Waals surface area contributed by atoms with Gasteiger partial charge in [-0.25, -0.2) is 19.3 Å². The molecule has 0 saturated heterocycles. The Bertz CT molecular complexity index is 1260. The third kappa shape index (κ3) is 2.99. The summed E-state index contributed by atoms with van der Waals surface area (Å²) in [6.07, 6.45) is 4.60. The summed E-state index contributed by atoms with van der Waals surface area (Å²) < 4.78 is 22.0. The second-order valence-corrected chi connectivity index (χ2v) is 7.24. The number of anilines is 1. The molecule has 0 radical (unpaired) electrons.